The molecule has 65 heavy (non-hydrogen) atoms. The first-order valence-electron chi connectivity index (χ1n) is 22.2. The fourth-order valence-corrected chi connectivity index (χ4v) is 10.2. The Morgan fingerprint density at radius 3 is 1.31 bits per heavy atom. The van der Waals surface area contributed by atoms with Crippen LogP contribution in [0.15, 0.2) is 231 Å². The lowest BCUT2D eigenvalue weighted by atomic mass is 10.0. The lowest BCUT2D eigenvalue weighted by Crippen LogP contribution is -1.95. The van der Waals surface area contributed by atoms with Gasteiger partial charge in [-0.3, -0.25) is 0 Å². The van der Waals surface area contributed by atoms with E-state index >= 15 is 0 Å². The zero-order valence-electron chi connectivity index (χ0n) is 35.7. The van der Waals surface area contributed by atoms with Crippen LogP contribution in [0.3, 0.4) is 0 Å². The van der Waals surface area contributed by atoms with Crippen molar-refractivity contribution in [2.75, 3.05) is 0 Å². The summed E-state index contributed by atoms with van der Waals surface area (Å²) in [7, 11) is 2.16. The van der Waals surface area contributed by atoms with E-state index in [1.165, 1.54) is 66.0 Å². The van der Waals surface area contributed by atoms with E-state index in [9.17, 15) is 0 Å². The van der Waals surface area contributed by atoms with Crippen molar-refractivity contribution in [3.8, 4) is 56.3 Å². The van der Waals surface area contributed by atoms with E-state index in [0.717, 1.165) is 55.7 Å². The number of fused-ring (bicyclic) bond motifs is 9. The average Bonchev–Trinajstić information content (AvgIpc) is 3.98. The highest BCUT2D eigenvalue weighted by molar-refractivity contribution is 6.13. The Balaban J connectivity index is 0.942. The maximum Gasteiger partial charge on any atom is 0.128 e. The summed E-state index contributed by atoms with van der Waals surface area (Å²) in [5.74, 6) is 1.58. The van der Waals surface area contributed by atoms with Crippen molar-refractivity contribution in [3.05, 3.63) is 231 Å². The molecule has 13 aromatic rings. The van der Waals surface area contributed by atoms with Crippen molar-refractivity contribution in [1.82, 2.24) is 13.7 Å². The predicted molar refractivity (Wildman–Crippen MR) is 272 cm³/mol. The van der Waals surface area contributed by atoms with Crippen molar-refractivity contribution in [1.29, 1.82) is 0 Å². The van der Waals surface area contributed by atoms with Crippen LogP contribution in [-0.4, -0.2) is 13.7 Å². The molecule has 0 amide bonds. The van der Waals surface area contributed by atoms with Crippen LogP contribution in [0.1, 0.15) is 0 Å². The topological polar surface area (TPSA) is 24.0 Å². The maximum atomic E-state index is 6.88. The fraction of sp³-hybridized carbons (Fsp3) is 0.0164. The summed E-state index contributed by atoms with van der Waals surface area (Å²) >= 11 is 0. The summed E-state index contributed by atoms with van der Waals surface area (Å²) < 4.78 is 13.9. The van der Waals surface area contributed by atoms with Gasteiger partial charge in [0.2, 0.25) is 0 Å². The lowest BCUT2D eigenvalue weighted by Gasteiger charge is -2.12. The molecular formula is C61H41N3O. The first-order valence-corrected chi connectivity index (χ1v) is 22.2. The molecule has 0 aliphatic rings. The molecule has 0 saturated carbocycles. The van der Waals surface area contributed by atoms with Gasteiger partial charge in [0, 0.05) is 61.8 Å². The van der Waals surface area contributed by atoms with Gasteiger partial charge in [-0.15, -0.1) is 0 Å². The monoisotopic (exact) mass is 831 g/mol. The Morgan fingerprint density at radius 1 is 0.262 bits per heavy atom. The van der Waals surface area contributed by atoms with Crippen LogP contribution in [0.25, 0.3) is 110 Å². The standard InChI is InChI=1S/C61H41N3O/c1-62-56-23-12-11-22-50(56)51-29-24-45(37-61(51)62)42-18-13-21-47(34-42)64-58-31-26-44(41-16-7-3-8-17-41)36-53(58)55-39-49(28-33-60(55)64)65-48-27-32-59-54(38-48)52-35-43(40-14-5-2-6-15-40)25-30-57(52)63(59)46-19-9-4-10-20-46/h2-39H,1H3. The van der Waals surface area contributed by atoms with E-state index in [4.69, 9.17) is 4.74 Å². The van der Waals surface area contributed by atoms with E-state index < -0.39 is 0 Å². The van der Waals surface area contributed by atoms with Gasteiger partial charge in [-0.1, -0.05) is 133 Å². The van der Waals surface area contributed by atoms with Gasteiger partial charge in [-0.05, 0) is 130 Å². The van der Waals surface area contributed by atoms with Crippen molar-refractivity contribution >= 4 is 65.4 Å². The minimum Gasteiger partial charge on any atom is -0.457 e. The maximum absolute atomic E-state index is 6.88. The summed E-state index contributed by atoms with van der Waals surface area (Å²) in [5.41, 5.74) is 16.4. The van der Waals surface area contributed by atoms with E-state index in [0.29, 0.717) is 0 Å². The molecule has 3 heterocycles. The number of hydrogen-bond donors (Lipinski definition) is 0. The zero-order chi connectivity index (χ0) is 43.0. The highest BCUT2D eigenvalue weighted by Crippen LogP contribution is 2.41. The van der Waals surface area contributed by atoms with Crippen molar-refractivity contribution in [2.24, 2.45) is 7.05 Å². The van der Waals surface area contributed by atoms with E-state index in [2.05, 4.69) is 251 Å². The first kappa shape index (κ1) is 37.0. The second-order valence-corrected chi connectivity index (χ2v) is 17.0. The SMILES string of the molecule is Cn1c2ccccc2c2ccc(-c3cccc(-n4c5ccc(Oc6ccc7c(c6)c6cc(-c8ccccc8)ccc6n7-c6ccccc6)cc5c5cc(-c6ccccc6)ccc54)c3)cc21. The number of ether oxygens (including phenoxy) is 1. The first-order chi connectivity index (χ1) is 32.1. The number of benzene rings is 10. The van der Waals surface area contributed by atoms with E-state index in [1.807, 2.05) is 0 Å². The molecule has 0 N–H and O–H groups in total. The fourth-order valence-electron chi connectivity index (χ4n) is 10.2. The molecule has 0 unspecified atom stereocenters. The van der Waals surface area contributed by atoms with Gasteiger partial charge in [0.25, 0.3) is 0 Å². The largest absolute Gasteiger partial charge is 0.457 e. The molecule has 3 aromatic heterocycles. The second-order valence-electron chi connectivity index (χ2n) is 17.0. The molecule has 0 atom stereocenters. The molecule has 0 bridgehead atoms. The molecule has 0 aliphatic carbocycles. The van der Waals surface area contributed by atoms with Crippen LogP contribution in [0.2, 0.25) is 0 Å². The number of aromatic nitrogens is 3. The van der Waals surface area contributed by atoms with Crippen LogP contribution >= 0.6 is 0 Å². The number of para-hydroxylation sites is 2. The van der Waals surface area contributed by atoms with E-state index in [1.54, 1.807) is 0 Å². The van der Waals surface area contributed by atoms with Crippen molar-refractivity contribution < 1.29 is 4.74 Å². The molecule has 306 valence electrons. The molecular weight excluding hydrogens is 791 g/mol. The summed E-state index contributed by atoms with van der Waals surface area (Å²) in [6.45, 7) is 0. The van der Waals surface area contributed by atoms with Gasteiger partial charge in [-0.25, -0.2) is 0 Å². The summed E-state index contributed by atoms with van der Waals surface area (Å²) in [6.07, 6.45) is 0. The number of rotatable bonds is 7. The number of aryl methyl sites for hydroxylation is 1. The van der Waals surface area contributed by atoms with Crippen molar-refractivity contribution in [2.45, 2.75) is 0 Å². The number of nitrogens with zero attached hydrogens (tertiary/aromatic N) is 3. The molecule has 0 spiro atoms. The third-order valence-electron chi connectivity index (χ3n) is 13.3. The highest BCUT2D eigenvalue weighted by atomic mass is 16.5. The van der Waals surface area contributed by atoms with Gasteiger partial charge >= 0.3 is 0 Å². The molecule has 0 radical (unpaired) electrons. The van der Waals surface area contributed by atoms with Crippen LogP contribution < -0.4 is 4.74 Å². The van der Waals surface area contributed by atoms with E-state index in [-0.39, 0.29) is 0 Å². The molecule has 13 rings (SSSR count). The normalized spacial score (nSPS) is 11.8. The summed E-state index contributed by atoms with van der Waals surface area (Å²) in [6, 6.07) is 83.0. The van der Waals surface area contributed by atoms with Crippen molar-refractivity contribution in [3.63, 3.8) is 0 Å². The Morgan fingerprint density at radius 2 is 0.692 bits per heavy atom. The van der Waals surface area contributed by atoms with Crippen LogP contribution in [0.4, 0.5) is 0 Å². The smallest absolute Gasteiger partial charge is 0.128 e. The van der Waals surface area contributed by atoms with Crippen LogP contribution in [0.5, 0.6) is 11.5 Å². The summed E-state index contributed by atoms with van der Waals surface area (Å²) in [4.78, 5) is 0. The quantitative estimate of drug-likeness (QED) is 0.157. The number of hydrogen-bond acceptors (Lipinski definition) is 1. The predicted octanol–water partition coefficient (Wildman–Crippen LogP) is 16.3. The Kier molecular flexibility index (Phi) is 8.40. The lowest BCUT2D eigenvalue weighted by molar-refractivity contribution is 0.484. The van der Waals surface area contributed by atoms with Gasteiger partial charge in [0.15, 0.2) is 0 Å². The Labute approximate surface area is 376 Å². The molecule has 4 nitrogen and oxygen atoms in total. The Hall–Kier alpha value is -8.60. The van der Waals surface area contributed by atoms with Crippen LogP contribution in [-0.2, 0) is 7.05 Å². The molecule has 0 saturated heterocycles. The van der Waals surface area contributed by atoms with Gasteiger partial charge in [-0.2, -0.15) is 0 Å². The van der Waals surface area contributed by atoms with Crippen LogP contribution in [0, 0.1) is 0 Å². The zero-order valence-corrected chi connectivity index (χ0v) is 35.7. The molecule has 10 aromatic carbocycles. The molecule has 0 fully saturated rings. The molecule has 0 aliphatic heterocycles. The third-order valence-corrected chi connectivity index (χ3v) is 13.3. The highest BCUT2D eigenvalue weighted by Gasteiger charge is 2.18. The van der Waals surface area contributed by atoms with Gasteiger partial charge in [0.1, 0.15) is 11.5 Å². The molecule has 4 heteroatoms. The minimum absolute atomic E-state index is 0.787. The second kappa shape index (κ2) is 14.8. The Bertz CT molecular complexity index is 3970. The summed E-state index contributed by atoms with van der Waals surface area (Å²) in [5, 5.41) is 7.18. The average molecular weight is 832 g/mol. The third kappa shape index (κ3) is 6.06. The van der Waals surface area contributed by atoms with Gasteiger partial charge < -0.3 is 18.4 Å². The minimum atomic E-state index is 0.787. The van der Waals surface area contributed by atoms with Gasteiger partial charge in [0.05, 0.1) is 22.1 Å².